The minimum Gasteiger partial charge on any atom is -0.316 e. The zero-order chi connectivity index (χ0) is 16.3. The molecule has 2 N–H and O–H groups in total. The van der Waals surface area contributed by atoms with Crippen molar-refractivity contribution in [2.45, 2.75) is 38.6 Å². The minimum absolute atomic E-state index is 0.0591. The number of rotatable bonds is 6. The van der Waals surface area contributed by atoms with Crippen LogP contribution in [0, 0.1) is 5.41 Å². The van der Waals surface area contributed by atoms with Crippen molar-refractivity contribution in [2.75, 3.05) is 13.6 Å². The molecule has 1 aromatic rings. The Bertz CT molecular complexity index is 596. The molecule has 1 rings (SSSR count). The molecule has 1 aromatic carbocycles. The molecule has 0 unspecified atom stereocenters. The van der Waals surface area contributed by atoms with Crippen molar-refractivity contribution in [1.82, 2.24) is 10.0 Å². The predicted molar refractivity (Wildman–Crippen MR) is 88.5 cm³/mol. The lowest BCUT2D eigenvalue weighted by Gasteiger charge is -2.18. The molecule has 0 fully saturated rings. The second kappa shape index (κ2) is 7.29. The highest BCUT2D eigenvalue weighted by molar-refractivity contribution is 7.89. The van der Waals surface area contributed by atoms with Gasteiger partial charge in [0.1, 0.15) is 4.90 Å². The first-order valence-corrected chi connectivity index (χ1v) is 8.93. The maximum absolute atomic E-state index is 12.3. The lowest BCUT2D eigenvalue weighted by molar-refractivity contribution is 0.378. The van der Waals surface area contributed by atoms with Gasteiger partial charge < -0.3 is 5.32 Å². The molecule has 0 bridgehead atoms. The number of benzene rings is 1. The number of hydrogen-bond donors (Lipinski definition) is 2. The van der Waals surface area contributed by atoms with Gasteiger partial charge in [0.05, 0.1) is 5.02 Å². The first kappa shape index (κ1) is 18.7. The molecule has 0 radical (unpaired) electrons. The molecule has 21 heavy (non-hydrogen) atoms. The van der Waals surface area contributed by atoms with Crippen LogP contribution in [0.3, 0.4) is 0 Å². The summed E-state index contributed by atoms with van der Waals surface area (Å²) in [6.07, 6.45) is 0.737. The summed E-state index contributed by atoms with van der Waals surface area (Å²) in [4.78, 5) is 0.0627. The Morgan fingerprint density at radius 2 is 1.76 bits per heavy atom. The van der Waals surface area contributed by atoms with E-state index >= 15 is 0 Å². The minimum atomic E-state index is -3.64. The molecule has 0 saturated heterocycles. The fraction of sp³-hybridized carbons (Fsp3) is 0.571. The molecule has 0 saturated carbocycles. The van der Waals surface area contributed by atoms with Crippen molar-refractivity contribution in [1.29, 1.82) is 0 Å². The lowest BCUT2D eigenvalue weighted by Crippen LogP contribution is -2.28. The van der Waals surface area contributed by atoms with Gasteiger partial charge in [-0.1, -0.05) is 44.0 Å². The Labute approximate surface area is 137 Å². The van der Waals surface area contributed by atoms with Gasteiger partial charge in [0, 0.05) is 18.1 Å². The van der Waals surface area contributed by atoms with Crippen LogP contribution in [0.5, 0.6) is 0 Å². The van der Waals surface area contributed by atoms with Crippen LogP contribution in [0.4, 0.5) is 0 Å². The van der Waals surface area contributed by atoms with Gasteiger partial charge in [-0.25, -0.2) is 13.1 Å². The van der Waals surface area contributed by atoms with Crippen LogP contribution in [0.2, 0.25) is 10.0 Å². The first-order valence-electron chi connectivity index (χ1n) is 6.69. The summed E-state index contributed by atoms with van der Waals surface area (Å²) >= 11 is 12.1. The van der Waals surface area contributed by atoms with Crippen LogP contribution in [-0.2, 0) is 16.6 Å². The van der Waals surface area contributed by atoms with Gasteiger partial charge >= 0.3 is 0 Å². The van der Waals surface area contributed by atoms with Crippen molar-refractivity contribution in [3.8, 4) is 0 Å². The van der Waals surface area contributed by atoms with Gasteiger partial charge in [0.15, 0.2) is 0 Å². The van der Waals surface area contributed by atoms with Crippen molar-refractivity contribution in [3.63, 3.8) is 0 Å². The third kappa shape index (κ3) is 5.75. The van der Waals surface area contributed by atoms with E-state index in [0.29, 0.717) is 23.7 Å². The van der Waals surface area contributed by atoms with Gasteiger partial charge in [-0.3, -0.25) is 0 Å². The number of hydrogen-bond acceptors (Lipinski definition) is 3. The SMILES string of the molecule is CNCc1cc(S(=O)(=O)NCCC(C)(C)C)c(Cl)cc1Cl. The highest BCUT2D eigenvalue weighted by Gasteiger charge is 2.21. The van der Waals surface area contributed by atoms with E-state index < -0.39 is 10.0 Å². The molecule has 7 heteroatoms. The summed E-state index contributed by atoms with van der Waals surface area (Å²) in [7, 11) is -1.87. The molecular weight excluding hydrogens is 331 g/mol. The van der Waals surface area contributed by atoms with Crippen LogP contribution in [-0.4, -0.2) is 22.0 Å². The monoisotopic (exact) mass is 352 g/mol. The van der Waals surface area contributed by atoms with Crippen LogP contribution in [0.25, 0.3) is 0 Å². The molecule has 0 aliphatic carbocycles. The molecule has 0 aromatic heterocycles. The van der Waals surface area contributed by atoms with Gasteiger partial charge in [-0.05, 0) is 36.6 Å². The van der Waals surface area contributed by atoms with Gasteiger partial charge in [-0.2, -0.15) is 0 Å². The zero-order valence-electron chi connectivity index (χ0n) is 12.8. The van der Waals surface area contributed by atoms with E-state index in [1.807, 2.05) is 0 Å². The number of sulfonamides is 1. The highest BCUT2D eigenvalue weighted by Crippen LogP contribution is 2.29. The highest BCUT2D eigenvalue weighted by atomic mass is 35.5. The smallest absolute Gasteiger partial charge is 0.242 e. The second-order valence-corrected chi connectivity index (χ2v) is 8.66. The second-order valence-electron chi connectivity index (χ2n) is 6.11. The topological polar surface area (TPSA) is 58.2 Å². The molecule has 0 heterocycles. The fourth-order valence-electron chi connectivity index (χ4n) is 1.74. The van der Waals surface area contributed by atoms with Crippen LogP contribution < -0.4 is 10.0 Å². The maximum Gasteiger partial charge on any atom is 0.242 e. The van der Waals surface area contributed by atoms with Crippen molar-refractivity contribution < 1.29 is 8.42 Å². The van der Waals surface area contributed by atoms with Crippen molar-refractivity contribution >= 4 is 33.2 Å². The Balaban J connectivity index is 2.99. The largest absolute Gasteiger partial charge is 0.316 e. The quantitative estimate of drug-likeness (QED) is 0.824. The summed E-state index contributed by atoms with van der Waals surface area (Å²) in [6.45, 7) is 7.01. The van der Waals surface area contributed by atoms with Crippen molar-refractivity contribution in [3.05, 3.63) is 27.7 Å². The Kier molecular flexibility index (Phi) is 6.50. The van der Waals surface area contributed by atoms with Crippen molar-refractivity contribution in [2.24, 2.45) is 5.41 Å². The number of halogens is 2. The van der Waals surface area contributed by atoms with Gasteiger partial charge in [0.2, 0.25) is 10.0 Å². The molecule has 0 aliphatic rings. The average Bonchev–Trinajstić information content (AvgIpc) is 2.30. The third-order valence-electron chi connectivity index (χ3n) is 2.92. The summed E-state index contributed by atoms with van der Waals surface area (Å²) in [5, 5.41) is 3.52. The molecule has 0 amide bonds. The third-order valence-corrected chi connectivity index (χ3v) is 5.20. The lowest BCUT2D eigenvalue weighted by atomic mass is 9.93. The van der Waals surface area contributed by atoms with E-state index in [-0.39, 0.29) is 15.3 Å². The van der Waals surface area contributed by atoms with Crippen LogP contribution in [0.1, 0.15) is 32.8 Å². The van der Waals surface area contributed by atoms with Gasteiger partial charge in [0.25, 0.3) is 0 Å². The maximum atomic E-state index is 12.3. The first-order chi connectivity index (χ1) is 9.57. The summed E-state index contributed by atoms with van der Waals surface area (Å²) in [5.74, 6) is 0. The van der Waals surface area contributed by atoms with E-state index in [9.17, 15) is 8.42 Å². The molecule has 0 atom stereocenters. The normalized spacial score (nSPS) is 12.7. The summed E-state index contributed by atoms with van der Waals surface area (Å²) in [6, 6.07) is 2.98. The summed E-state index contributed by atoms with van der Waals surface area (Å²) in [5.41, 5.74) is 0.753. The Hall–Kier alpha value is -0.330. The zero-order valence-corrected chi connectivity index (χ0v) is 15.1. The van der Waals surface area contributed by atoms with E-state index in [0.717, 1.165) is 6.42 Å². The van der Waals surface area contributed by atoms with E-state index in [4.69, 9.17) is 23.2 Å². The Morgan fingerprint density at radius 3 is 2.29 bits per heavy atom. The molecule has 0 spiro atoms. The molecular formula is C14H22Cl2N2O2S. The molecule has 4 nitrogen and oxygen atoms in total. The van der Waals surface area contributed by atoms with E-state index in [2.05, 4.69) is 30.8 Å². The van der Waals surface area contributed by atoms with Crippen LogP contribution in [0.15, 0.2) is 17.0 Å². The Morgan fingerprint density at radius 1 is 1.14 bits per heavy atom. The predicted octanol–water partition coefficient (Wildman–Crippen LogP) is 3.43. The fourth-order valence-corrected chi connectivity index (χ4v) is 3.64. The van der Waals surface area contributed by atoms with E-state index in [1.54, 1.807) is 7.05 Å². The van der Waals surface area contributed by atoms with Gasteiger partial charge in [-0.15, -0.1) is 0 Å². The molecule has 120 valence electrons. The van der Waals surface area contributed by atoms with Crippen LogP contribution >= 0.6 is 23.2 Å². The number of nitrogens with one attached hydrogen (secondary N) is 2. The summed E-state index contributed by atoms with van der Waals surface area (Å²) < 4.78 is 27.3. The molecule has 0 aliphatic heterocycles. The average molecular weight is 353 g/mol. The standard InChI is InChI=1S/C14H22Cl2N2O2S/c1-14(2,3)5-6-18-21(19,20)13-7-10(9-17-4)11(15)8-12(13)16/h7-8,17-18H,5-6,9H2,1-4H3. The van der Waals surface area contributed by atoms with E-state index in [1.165, 1.54) is 12.1 Å².